The summed E-state index contributed by atoms with van der Waals surface area (Å²) in [7, 11) is 0. The number of carbonyl (C=O) groups is 3. The first-order chi connectivity index (χ1) is 9.40. The zero-order chi connectivity index (χ0) is 15.1. The number of benzene rings is 1. The zero-order valence-electron chi connectivity index (χ0n) is 11.2. The topological polar surface area (TPSA) is 108 Å². The molecule has 0 heterocycles. The SMILES string of the molecule is Cc1ccccc1OCC(=O)O[C@H](C)C(=O)NC(N)=O. The van der Waals surface area contributed by atoms with Crippen molar-refractivity contribution in [2.24, 2.45) is 5.73 Å². The normalized spacial score (nSPS) is 11.3. The average molecular weight is 280 g/mol. The minimum atomic E-state index is -1.13. The lowest BCUT2D eigenvalue weighted by Crippen LogP contribution is -2.42. The Balaban J connectivity index is 2.42. The summed E-state index contributed by atoms with van der Waals surface area (Å²) in [4.78, 5) is 33.2. The molecule has 1 aromatic carbocycles. The quantitative estimate of drug-likeness (QED) is 0.764. The molecule has 0 unspecified atom stereocenters. The number of amides is 3. The summed E-state index contributed by atoms with van der Waals surface area (Å²) in [6.07, 6.45) is -1.13. The van der Waals surface area contributed by atoms with Gasteiger partial charge < -0.3 is 15.2 Å². The maximum absolute atomic E-state index is 11.5. The molecule has 0 fully saturated rings. The highest BCUT2D eigenvalue weighted by atomic mass is 16.6. The molecule has 3 amide bonds. The average Bonchev–Trinajstić information content (AvgIpc) is 2.37. The molecule has 0 aliphatic carbocycles. The summed E-state index contributed by atoms with van der Waals surface area (Å²) in [5, 5.41) is 1.81. The molecular weight excluding hydrogens is 264 g/mol. The number of ether oxygens (including phenoxy) is 2. The van der Waals surface area contributed by atoms with Crippen LogP contribution in [0.25, 0.3) is 0 Å². The van der Waals surface area contributed by atoms with Gasteiger partial charge in [0.15, 0.2) is 12.7 Å². The fraction of sp³-hybridized carbons (Fsp3) is 0.308. The molecule has 0 saturated heterocycles. The number of nitrogens with one attached hydrogen (secondary N) is 1. The van der Waals surface area contributed by atoms with Gasteiger partial charge in [-0.1, -0.05) is 18.2 Å². The van der Waals surface area contributed by atoms with Gasteiger partial charge in [-0.15, -0.1) is 0 Å². The molecule has 0 bridgehead atoms. The number of esters is 1. The van der Waals surface area contributed by atoms with Crippen LogP contribution in [0.4, 0.5) is 4.79 Å². The number of aryl methyl sites for hydroxylation is 1. The predicted molar refractivity (Wildman–Crippen MR) is 70.0 cm³/mol. The lowest BCUT2D eigenvalue weighted by atomic mass is 10.2. The minimum absolute atomic E-state index is 0.334. The minimum Gasteiger partial charge on any atom is -0.482 e. The molecular formula is C13H16N2O5. The van der Waals surface area contributed by atoms with E-state index in [4.69, 9.17) is 15.2 Å². The van der Waals surface area contributed by atoms with Crippen LogP contribution >= 0.6 is 0 Å². The van der Waals surface area contributed by atoms with Gasteiger partial charge in [-0.2, -0.15) is 0 Å². The molecule has 1 rings (SSSR count). The predicted octanol–water partition coefficient (Wildman–Crippen LogP) is 0.500. The van der Waals surface area contributed by atoms with Crippen LogP contribution < -0.4 is 15.8 Å². The maximum Gasteiger partial charge on any atom is 0.344 e. The van der Waals surface area contributed by atoms with E-state index < -0.39 is 24.0 Å². The van der Waals surface area contributed by atoms with Gasteiger partial charge in [0.05, 0.1) is 0 Å². The van der Waals surface area contributed by atoms with Gasteiger partial charge in [-0.3, -0.25) is 10.1 Å². The number of carbonyl (C=O) groups excluding carboxylic acids is 3. The number of urea groups is 1. The highest BCUT2D eigenvalue weighted by Crippen LogP contribution is 2.15. The summed E-state index contributed by atoms with van der Waals surface area (Å²) >= 11 is 0. The Morgan fingerprint density at radius 2 is 1.95 bits per heavy atom. The summed E-state index contributed by atoms with van der Waals surface area (Å²) in [6.45, 7) is 2.83. The van der Waals surface area contributed by atoms with Crippen LogP contribution in [0, 0.1) is 6.92 Å². The van der Waals surface area contributed by atoms with Gasteiger partial charge in [-0.05, 0) is 25.5 Å². The second-order valence-corrected chi connectivity index (χ2v) is 4.04. The zero-order valence-corrected chi connectivity index (χ0v) is 11.2. The summed E-state index contributed by atoms with van der Waals surface area (Å²) < 4.78 is 10.1. The van der Waals surface area contributed by atoms with Crippen molar-refractivity contribution in [3.63, 3.8) is 0 Å². The van der Waals surface area contributed by atoms with Crippen LogP contribution in [-0.2, 0) is 14.3 Å². The maximum atomic E-state index is 11.5. The van der Waals surface area contributed by atoms with Gasteiger partial charge in [0.1, 0.15) is 5.75 Å². The van der Waals surface area contributed by atoms with E-state index in [-0.39, 0.29) is 6.61 Å². The Morgan fingerprint density at radius 1 is 1.30 bits per heavy atom. The van der Waals surface area contributed by atoms with Gasteiger partial charge in [0.25, 0.3) is 5.91 Å². The van der Waals surface area contributed by atoms with Crippen LogP contribution in [0.5, 0.6) is 5.75 Å². The van der Waals surface area contributed by atoms with Crippen molar-refractivity contribution in [3.8, 4) is 5.75 Å². The first-order valence-electron chi connectivity index (χ1n) is 5.88. The number of imide groups is 1. The molecule has 7 heteroatoms. The number of hydrogen-bond acceptors (Lipinski definition) is 5. The third-order valence-electron chi connectivity index (χ3n) is 2.36. The third kappa shape index (κ3) is 4.97. The standard InChI is InChI=1S/C13H16N2O5/c1-8-5-3-4-6-10(8)19-7-11(16)20-9(2)12(17)15-13(14)18/h3-6,9H,7H2,1-2H3,(H3,14,15,17,18)/t9-/m1/s1. The number of para-hydroxylation sites is 1. The van der Waals surface area contributed by atoms with Gasteiger partial charge in [0.2, 0.25) is 0 Å². The first-order valence-corrected chi connectivity index (χ1v) is 5.88. The van der Waals surface area contributed by atoms with Crippen LogP contribution in [0.15, 0.2) is 24.3 Å². The van der Waals surface area contributed by atoms with E-state index in [1.54, 1.807) is 12.1 Å². The Bertz CT molecular complexity index is 515. The van der Waals surface area contributed by atoms with E-state index in [1.165, 1.54) is 6.92 Å². The van der Waals surface area contributed by atoms with Crippen molar-refractivity contribution in [1.82, 2.24) is 5.32 Å². The van der Waals surface area contributed by atoms with Crippen molar-refractivity contribution in [2.45, 2.75) is 20.0 Å². The third-order valence-corrected chi connectivity index (χ3v) is 2.36. The Hall–Kier alpha value is -2.57. The highest BCUT2D eigenvalue weighted by molar-refractivity contribution is 5.96. The number of primary amides is 1. The fourth-order valence-corrected chi connectivity index (χ4v) is 1.36. The molecule has 108 valence electrons. The van der Waals surface area contributed by atoms with Crippen molar-refractivity contribution in [1.29, 1.82) is 0 Å². The molecule has 0 aliphatic rings. The van der Waals surface area contributed by atoms with Gasteiger partial charge in [-0.25, -0.2) is 9.59 Å². The van der Waals surface area contributed by atoms with E-state index >= 15 is 0 Å². The lowest BCUT2D eigenvalue weighted by molar-refractivity contribution is -0.156. The van der Waals surface area contributed by atoms with E-state index in [0.29, 0.717) is 5.75 Å². The van der Waals surface area contributed by atoms with Crippen molar-refractivity contribution >= 4 is 17.9 Å². The highest BCUT2D eigenvalue weighted by Gasteiger charge is 2.19. The van der Waals surface area contributed by atoms with Crippen molar-refractivity contribution in [2.75, 3.05) is 6.61 Å². The Morgan fingerprint density at radius 3 is 2.55 bits per heavy atom. The summed E-state index contributed by atoms with van der Waals surface area (Å²) in [5.41, 5.74) is 5.65. The lowest BCUT2D eigenvalue weighted by Gasteiger charge is -2.13. The van der Waals surface area contributed by atoms with Crippen LogP contribution in [0.2, 0.25) is 0 Å². The molecule has 0 aromatic heterocycles. The van der Waals surface area contributed by atoms with Crippen molar-refractivity contribution < 1.29 is 23.9 Å². The molecule has 0 saturated carbocycles. The molecule has 7 nitrogen and oxygen atoms in total. The number of rotatable bonds is 5. The molecule has 3 N–H and O–H groups in total. The van der Waals surface area contributed by atoms with E-state index in [1.807, 2.05) is 24.4 Å². The number of nitrogens with two attached hydrogens (primary N) is 1. The molecule has 1 aromatic rings. The van der Waals surface area contributed by atoms with Gasteiger partial charge in [0, 0.05) is 0 Å². The van der Waals surface area contributed by atoms with E-state index in [2.05, 4.69) is 0 Å². The monoisotopic (exact) mass is 280 g/mol. The molecule has 0 spiro atoms. The number of hydrogen-bond donors (Lipinski definition) is 2. The summed E-state index contributed by atoms with van der Waals surface area (Å²) in [6, 6.07) is 6.16. The molecule has 20 heavy (non-hydrogen) atoms. The fourth-order valence-electron chi connectivity index (χ4n) is 1.36. The first kappa shape index (κ1) is 15.5. The smallest absolute Gasteiger partial charge is 0.344 e. The van der Waals surface area contributed by atoms with Gasteiger partial charge >= 0.3 is 12.0 Å². The summed E-state index contributed by atoms with van der Waals surface area (Å²) in [5.74, 6) is -0.958. The second kappa shape index (κ2) is 7.13. The largest absolute Gasteiger partial charge is 0.482 e. The second-order valence-electron chi connectivity index (χ2n) is 4.04. The molecule has 0 radical (unpaired) electrons. The van der Waals surface area contributed by atoms with E-state index in [9.17, 15) is 14.4 Å². The molecule has 0 aliphatic heterocycles. The van der Waals surface area contributed by atoms with E-state index in [0.717, 1.165) is 5.56 Å². The Labute approximate surface area is 116 Å². The van der Waals surface area contributed by atoms with Crippen LogP contribution in [-0.4, -0.2) is 30.6 Å². The molecule has 1 atom stereocenters. The van der Waals surface area contributed by atoms with Crippen LogP contribution in [0.3, 0.4) is 0 Å². The Kier molecular flexibility index (Phi) is 5.52. The van der Waals surface area contributed by atoms with Crippen LogP contribution in [0.1, 0.15) is 12.5 Å². The van der Waals surface area contributed by atoms with Crippen molar-refractivity contribution in [3.05, 3.63) is 29.8 Å².